The Hall–Kier alpha value is -3.82. The van der Waals surface area contributed by atoms with Crippen molar-refractivity contribution in [1.82, 2.24) is 14.0 Å². The third-order valence-electron chi connectivity index (χ3n) is 5.88. The quantitative estimate of drug-likeness (QED) is 0.188. The normalized spacial score (nSPS) is 12.0. The first-order valence-corrected chi connectivity index (χ1v) is 12.8. The molecule has 3 aromatic heterocycles. The van der Waals surface area contributed by atoms with Gasteiger partial charge >= 0.3 is 5.97 Å². The van der Waals surface area contributed by atoms with E-state index in [1.165, 1.54) is 10.5 Å². The lowest BCUT2D eigenvalue weighted by Crippen LogP contribution is -2.33. The number of pyridine rings is 2. The predicted octanol–water partition coefficient (Wildman–Crippen LogP) is 4.34. The van der Waals surface area contributed by atoms with Gasteiger partial charge in [0.05, 0.1) is 18.1 Å². The molecule has 0 N–H and O–H groups in total. The van der Waals surface area contributed by atoms with Gasteiger partial charge in [-0.05, 0) is 76.1 Å². The highest BCUT2D eigenvalue weighted by atomic mass is 35.5. The van der Waals surface area contributed by atoms with Crippen molar-refractivity contribution < 1.29 is 19.1 Å². The number of carbonyl (C=O) groups is 2. The monoisotopic (exact) mass is 536 g/mol. The first-order valence-electron chi connectivity index (χ1n) is 12.4. The van der Waals surface area contributed by atoms with E-state index in [0.29, 0.717) is 34.9 Å². The molecule has 0 bridgehead atoms. The fourth-order valence-corrected chi connectivity index (χ4v) is 4.20. The van der Waals surface area contributed by atoms with Gasteiger partial charge in [-0.25, -0.2) is 9.78 Å². The minimum Gasteiger partial charge on any atom is -0.462 e. The summed E-state index contributed by atoms with van der Waals surface area (Å²) in [6.45, 7) is 8.23. The van der Waals surface area contributed by atoms with Crippen molar-refractivity contribution in [3.8, 4) is 0 Å². The highest BCUT2D eigenvalue weighted by molar-refractivity contribution is 6.30. The molecule has 0 aliphatic rings. The third kappa shape index (κ3) is 5.69. The molecule has 198 valence electrons. The molecule has 0 aliphatic heterocycles. The average molecular weight is 537 g/mol. The van der Waals surface area contributed by atoms with E-state index in [2.05, 4.69) is 4.99 Å². The molecule has 38 heavy (non-hydrogen) atoms. The van der Waals surface area contributed by atoms with Crippen LogP contribution in [-0.2, 0) is 16.0 Å². The van der Waals surface area contributed by atoms with Crippen LogP contribution in [0.1, 0.15) is 53.5 Å². The molecule has 1 amide bonds. The lowest BCUT2D eigenvalue weighted by molar-refractivity contribution is 0.0523. The van der Waals surface area contributed by atoms with Gasteiger partial charge in [0.1, 0.15) is 16.9 Å². The minimum absolute atomic E-state index is 0.00190. The maximum absolute atomic E-state index is 13.6. The number of fused-ring (bicyclic) bond motifs is 2. The summed E-state index contributed by atoms with van der Waals surface area (Å²) >= 11 is 5.98. The topological polar surface area (TPSA) is 104 Å². The molecule has 0 saturated heterocycles. The molecule has 0 radical (unpaired) electrons. The SMILES string of the molecule is CCOC(=O)c1cc2c(=O)n3cccc(C)c3nc2n(CCCOC(C)C)c1=NC(=O)c1ccc(Cl)cc1. The van der Waals surface area contributed by atoms with Crippen LogP contribution in [0.25, 0.3) is 16.7 Å². The molecule has 0 aliphatic carbocycles. The summed E-state index contributed by atoms with van der Waals surface area (Å²) in [5.74, 6) is -1.27. The molecular weight excluding hydrogens is 508 g/mol. The van der Waals surface area contributed by atoms with Gasteiger partial charge in [0, 0.05) is 29.9 Å². The van der Waals surface area contributed by atoms with Gasteiger partial charge in [-0.15, -0.1) is 0 Å². The number of aromatic nitrogens is 3. The Morgan fingerprint density at radius 2 is 1.87 bits per heavy atom. The lowest BCUT2D eigenvalue weighted by atomic mass is 10.2. The summed E-state index contributed by atoms with van der Waals surface area (Å²) in [5.41, 5.74) is 1.58. The summed E-state index contributed by atoms with van der Waals surface area (Å²) in [6, 6.07) is 11.3. The summed E-state index contributed by atoms with van der Waals surface area (Å²) in [7, 11) is 0. The van der Waals surface area contributed by atoms with E-state index in [1.54, 1.807) is 48.0 Å². The van der Waals surface area contributed by atoms with Crippen molar-refractivity contribution in [2.45, 2.75) is 46.8 Å². The Kier molecular flexibility index (Phi) is 8.38. The van der Waals surface area contributed by atoms with E-state index in [-0.39, 0.29) is 41.3 Å². The van der Waals surface area contributed by atoms with Crippen LogP contribution < -0.4 is 11.0 Å². The zero-order valence-corrected chi connectivity index (χ0v) is 22.5. The van der Waals surface area contributed by atoms with Crippen molar-refractivity contribution in [3.63, 3.8) is 0 Å². The van der Waals surface area contributed by atoms with Crippen molar-refractivity contribution in [2.75, 3.05) is 13.2 Å². The number of carbonyl (C=O) groups excluding carboxylic acids is 2. The van der Waals surface area contributed by atoms with E-state index in [0.717, 1.165) is 5.56 Å². The van der Waals surface area contributed by atoms with Crippen molar-refractivity contribution in [1.29, 1.82) is 0 Å². The Morgan fingerprint density at radius 3 is 2.55 bits per heavy atom. The zero-order valence-electron chi connectivity index (χ0n) is 21.7. The second kappa shape index (κ2) is 11.7. The molecule has 3 heterocycles. The van der Waals surface area contributed by atoms with E-state index < -0.39 is 11.9 Å². The number of amides is 1. The zero-order chi connectivity index (χ0) is 27.4. The number of esters is 1. The Bertz CT molecular complexity index is 1640. The number of aryl methyl sites for hydroxylation is 2. The van der Waals surface area contributed by atoms with Crippen molar-refractivity contribution >= 4 is 40.2 Å². The molecule has 0 atom stereocenters. The van der Waals surface area contributed by atoms with Crippen LogP contribution in [0.5, 0.6) is 0 Å². The molecule has 0 unspecified atom stereocenters. The van der Waals surface area contributed by atoms with E-state index in [1.807, 2.05) is 26.8 Å². The van der Waals surface area contributed by atoms with Crippen LogP contribution in [0.2, 0.25) is 5.02 Å². The van der Waals surface area contributed by atoms with E-state index in [4.69, 9.17) is 26.1 Å². The first kappa shape index (κ1) is 27.2. The van der Waals surface area contributed by atoms with E-state index >= 15 is 0 Å². The molecule has 0 saturated carbocycles. The van der Waals surface area contributed by atoms with Gasteiger partial charge in [-0.1, -0.05) is 17.7 Å². The van der Waals surface area contributed by atoms with Gasteiger partial charge in [-0.3, -0.25) is 14.0 Å². The van der Waals surface area contributed by atoms with Gasteiger partial charge in [0.2, 0.25) is 0 Å². The van der Waals surface area contributed by atoms with Gasteiger partial charge in [0.25, 0.3) is 11.5 Å². The fraction of sp³-hybridized carbons (Fsp3) is 0.321. The molecular formula is C28H29ClN4O5. The Morgan fingerprint density at radius 1 is 1.13 bits per heavy atom. The molecule has 10 heteroatoms. The largest absolute Gasteiger partial charge is 0.462 e. The van der Waals surface area contributed by atoms with Crippen molar-refractivity contribution in [3.05, 3.63) is 86.2 Å². The number of ether oxygens (including phenoxy) is 2. The number of benzene rings is 1. The molecule has 4 aromatic rings. The molecule has 9 nitrogen and oxygen atoms in total. The van der Waals surface area contributed by atoms with Gasteiger partial charge < -0.3 is 14.0 Å². The maximum Gasteiger partial charge on any atom is 0.341 e. The minimum atomic E-state index is -0.696. The maximum atomic E-state index is 13.6. The molecule has 1 aromatic carbocycles. The third-order valence-corrected chi connectivity index (χ3v) is 6.13. The lowest BCUT2D eigenvalue weighted by Gasteiger charge is -2.16. The smallest absolute Gasteiger partial charge is 0.341 e. The molecule has 0 fully saturated rings. The summed E-state index contributed by atoms with van der Waals surface area (Å²) in [6.07, 6.45) is 2.19. The second-order valence-corrected chi connectivity index (χ2v) is 9.43. The number of hydrogen-bond acceptors (Lipinski definition) is 6. The highest BCUT2D eigenvalue weighted by Gasteiger charge is 2.20. The van der Waals surface area contributed by atoms with Crippen LogP contribution in [0.4, 0.5) is 0 Å². The van der Waals surface area contributed by atoms with Crippen molar-refractivity contribution in [2.24, 2.45) is 4.99 Å². The number of hydrogen-bond donors (Lipinski definition) is 0. The average Bonchev–Trinajstić information content (AvgIpc) is 2.88. The first-order chi connectivity index (χ1) is 18.2. The fourth-order valence-electron chi connectivity index (χ4n) is 4.07. The predicted molar refractivity (Wildman–Crippen MR) is 145 cm³/mol. The van der Waals surface area contributed by atoms with E-state index in [9.17, 15) is 14.4 Å². The van der Waals surface area contributed by atoms with Crippen LogP contribution in [0, 0.1) is 6.92 Å². The number of halogens is 1. The Balaban J connectivity index is 2.05. The number of nitrogens with zero attached hydrogens (tertiary/aromatic N) is 4. The summed E-state index contributed by atoms with van der Waals surface area (Å²) in [5, 5.41) is 0.686. The van der Waals surface area contributed by atoms with Crippen LogP contribution >= 0.6 is 11.6 Å². The standard InChI is InChI=1S/C28H29ClN4O5/c1-5-37-28(36)22-16-21-24(30-23-18(4)8-6-13-33(23)27(21)35)32(14-7-15-38-17(2)3)25(22)31-26(34)19-9-11-20(29)12-10-19/h6,8-13,16-17H,5,7,14-15H2,1-4H3. The van der Waals surface area contributed by atoms with Gasteiger partial charge in [-0.2, -0.15) is 4.99 Å². The Labute approximate surface area is 224 Å². The second-order valence-electron chi connectivity index (χ2n) is 8.99. The summed E-state index contributed by atoms with van der Waals surface area (Å²) < 4.78 is 14.1. The van der Waals surface area contributed by atoms with Crippen LogP contribution in [-0.4, -0.2) is 45.1 Å². The summed E-state index contributed by atoms with van der Waals surface area (Å²) in [4.78, 5) is 49.0. The highest BCUT2D eigenvalue weighted by Crippen LogP contribution is 2.15. The van der Waals surface area contributed by atoms with Crippen LogP contribution in [0.3, 0.4) is 0 Å². The van der Waals surface area contributed by atoms with Crippen LogP contribution in [0.15, 0.2) is 58.4 Å². The van der Waals surface area contributed by atoms with Gasteiger partial charge in [0.15, 0.2) is 5.49 Å². The number of rotatable bonds is 8. The molecule has 4 rings (SSSR count). The molecule has 0 spiro atoms.